The minimum absolute atomic E-state index is 0.0254. The van der Waals surface area contributed by atoms with Crippen LogP contribution in [-0.2, 0) is 4.74 Å². The lowest BCUT2D eigenvalue weighted by atomic mass is 9.97. The summed E-state index contributed by atoms with van der Waals surface area (Å²) in [6.07, 6.45) is 0. The van der Waals surface area contributed by atoms with E-state index in [9.17, 15) is 19.7 Å². The third-order valence-electron chi connectivity index (χ3n) is 4.18. The predicted octanol–water partition coefficient (Wildman–Crippen LogP) is 3.63. The molecular weight excluding hydrogens is 348 g/mol. The van der Waals surface area contributed by atoms with Crippen molar-refractivity contribution in [2.75, 3.05) is 25.6 Å². The number of esters is 1. The average molecular weight is 370 g/mol. The number of anilines is 1. The number of benzene rings is 2. The van der Waals surface area contributed by atoms with Crippen LogP contribution in [0.5, 0.6) is 0 Å². The van der Waals surface area contributed by atoms with Gasteiger partial charge in [-0.25, -0.2) is 4.79 Å². The van der Waals surface area contributed by atoms with Crippen molar-refractivity contribution in [2.45, 2.75) is 20.8 Å². The van der Waals surface area contributed by atoms with Gasteiger partial charge in [0.25, 0.3) is 5.69 Å². The smallest absolute Gasteiger partial charge is 0.338 e. The van der Waals surface area contributed by atoms with Gasteiger partial charge < -0.3 is 9.64 Å². The Morgan fingerprint density at radius 3 is 2.19 bits per heavy atom. The molecule has 0 unspecified atom stereocenters. The van der Waals surface area contributed by atoms with E-state index in [-0.39, 0.29) is 17.0 Å². The van der Waals surface area contributed by atoms with E-state index < -0.39 is 17.5 Å². The second-order valence-corrected chi connectivity index (χ2v) is 6.63. The number of rotatable bonds is 6. The number of nitro groups is 1. The van der Waals surface area contributed by atoms with Crippen LogP contribution in [0, 0.1) is 30.9 Å². The van der Waals surface area contributed by atoms with Crippen molar-refractivity contribution in [3.63, 3.8) is 0 Å². The van der Waals surface area contributed by atoms with E-state index in [1.807, 2.05) is 32.9 Å². The molecule has 2 aromatic rings. The highest BCUT2D eigenvalue weighted by Gasteiger charge is 2.21. The maximum absolute atomic E-state index is 12.5. The number of nitrogens with zero attached hydrogens (tertiary/aromatic N) is 2. The summed E-state index contributed by atoms with van der Waals surface area (Å²) in [5, 5.41) is 11.2. The lowest BCUT2D eigenvalue weighted by Crippen LogP contribution is -2.17. The molecule has 0 radical (unpaired) electrons. The van der Waals surface area contributed by atoms with E-state index in [1.165, 1.54) is 12.1 Å². The van der Waals surface area contributed by atoms with E-state index in [0.29, 0.717) is 11.3 Å². The molecule has 0 aliphatic rings. The van der Waals surface area contributed by atoms with Gasteiger partial charge in [-0.1, -0.05) is 17.7 Å². The lowest BCUT2D eigenvalue weighted by molar-refractivity contribution is -0.384. The summed E-state index contributed by atoms with van der Waals surface area (Å²) in [5.41, 5.74) is 3.41. The van der Waals surface area contributed by atoms with Crippen molar-refractivity contribution in [3.05, 3.63) is 68.3 Å². The highest BCUT2D eigenvalue weighted by atomic mass is 16.6. The fraction of sp³-hybridized carbons (Fsp3) is 0.300. The molecule has 7 nitrogen and oxygen atoms in total. The van der Waals surface area contributed by atoms with Gasteiger partial charge in [-0.3, -0.25) is 14.9 Å². The summed E-state index contributed by atoms with van der Waals surface area (Å²) in [6.45, 7) is 5.18. The molecule has 0 amide bonds. The summed E-state index contributed by atoms with van der Waals surface area (Å²) in [7, 11) is 3.34. The second kappa shape index (κ2) is 7.99. The molecule has 2 rings (SSSR count). The first-order valence-corrected chi connectivity index (χ1v) is 8.35. The monoisotopic (exact) mass is 370 g/mol. The van der Waals surface area contributed by atoms with E-state index in [4.69, 9.17) is 4.74 Å². The van der Waals surface area contributed by atoms with Crippen LogP contribution in [0.15, 0.2) is 30.3 Å². The van der Waals surface area contributed by atoms with Crippen LogP contribution < -0.4 is 4.90 Å². The fourth-order valence-electron chi connectivity index (χ4n) is 3.08. The Bertz CT molecular complexity index is 896. The van der Waals surface area contributed by atoms with E-state index in [2.05, 4.69) is 0 Å². The first-order valence-electron chi connectivity index (χ1n) is 8.35. The van der Waals surface area contributed by atoms with Crippen LogP contribution in [0.2, 0.25) is 0 Å². The molecule has 142 valence electrons. The number of aryl methyl sites for hydroxylation is 3. The molecule has 0 heterocycles. The quantitative estimate of drug-likeness (QED) is 0.334. The molecular formula is C20H22N2O5. The van der Waals surface area contributed by atoms with Gasteiger partial charge in [-0.2, -0.15) is 0 Å². The average Bonchev–Trinajstić information content (AvgIpc) is 2.58. The number of carbonyl (C=O) groups is 2. The molecule has 0 N–H and O–H groups in total. The number of ether oxygens (including phenoxy) is 1. The van der Waals surface area contributed by atoms with Crippen LogP contribution in [0.3, 0.4) is 0 Å². The number of Topliss-reactive ketones (excluding diaryl/α,β-unsaturated/α-hetero) is 1. The third kappa shape index (κ3) is 4.49. The Kier molecular flexibility index (Phi) is 5.95. The van der Waals surface area contributed by atoms with Gasteiger partial charge in [0.2, 0.25) is 5.78 Å². The molecule has 0 aliphatic heterocycles. The van der Waals surface area contributed by atoms with Crippen LogP contribution in [0.25, 0.3) is 0 Å². The Morgan fingerprint density at radius 1 is 1.07 bits per heavy atom. The molecule has 27 heavy (non-hydrogen) atoms. The van der Waals surface area contributed by atoms with E-state index >= 15 is 0 Å². The molecule has 0 atom stereocenters. The molecule has 2 aromatic carbocycles. The fourth-order valence-corrected chi connectivity index (χ4v) is 3.08. The number of ketones is 1. The maximum Gasteiger partial charge on any atom is 0.338 e. The number of nitro benzene ring substituents is 1. The summed E-state index contributed by atoms with van der Waals surface area (Å²) in [4.78, 5) is 37.0. The predicted molar refractivity (Wildman–Crippen MR) is 103 cm³/mol. The van der Waals surface area contributed by atoms with E-state index in [1.54, 1.807) is 19.0 Å². The van der Waals surface area contributed by atoms with Gasteiger partial charge in [0.1, 0.15) is 5.69 Å². The molecule has 0 aliphatic carbocycles. The largest absolute Gasteiger partial charge is 0.454 e. The number of hydrogen-bond acceptors (Lipinski definition) is 6. The van der Waals surface area contributed by atoms with Crippen molar-refractivity contribution < 1.29 is 19.2 Å². The van der Waals surface area contributed by atoms with Gasteiger partial charge in [-0.15, -0.1) is 0 Å². The topological polar surface area (TPSA) is 89.8 Å². The van der Waals surface area contributed by atoms with E-state index in [0.717, 1.165) is 22.8 Å². The molecule has 0 saturated carbocycles. The van der Waals surface area contributed by atoms with Crippen molar-refractivity contribution in [3.8, 4) is 0 Å². The highest BCUT2D eigenvalue weighted by molar-refractivity contribution is 6.01. The minimum atomic E-state index is -0.779. The van der Waals surface area contributed by atoms with Gasteiger partial charge >= 0.3 is 5.97 Å². The molecule has 7 heteroatoms. The molecule has 0 fully saturated rings. The van der Waals surface area contributed by atoms with Gasteiger partial charge in [0.15, 0.2) is 6.61 Å². The first kappa shape index (κ1) is 20.1. The summed E-state index contributed by atoms with van der Waals surface area (Å²) >= 11 is 0. The highest BCUT2D eigenvalue weighted by Crippen LogP contribution is 2.28. The van der Waals surface area contributed by atoms with Crippen LogP contribution in [0.1, 0.15) is 37.4 Å². The normalized spacial score (nSPS) is 10.4. The Balaban J connectivity index is 2.18. The summed E-state index contributed by atoms with van der Waals surface area (Å²) < 4.78 is 5.09. The number of carbonyl (C=O) groups excluding carboxylic acids is 2. The van der Waals surface area contributed by atoms with Crippen LogP contribution in [-0.4, -0.2) is 37.4 Å². The Morgan fingerprint density at radius 2 is 1.67 bits per heavy atom. The zero-order chi connectivity index (χ0) is 20.3. The van der Waals surface area contributed by atoms with Crippen molar-refractivity contribution >= 4 is 23.1 Å². The zero-order valence-corrected chi connectivity index (χ0v) is 16.0. The minimum Gasteiger partial charge on any atom is -0.454 e. The summed E-state index contributed by atoms with van der Waals surface area (Å²) in [5.74, 6) is -1.09. The van der Waals surface area contributed by atoms with Crippen molar-refractivity contribution in [1.82, 2.24) is 0 Å². The van der Waals surface area contributed by atoms with Gasteiger partial charge in [0.05, 0.1) is 10.5 Å². The second-order valence-electron chi connectivity index (χ2n) is 6.63. The van der Waals surface area contributed by atoms with Crippen LogP contribution >= 0.6 is 0 Å². The van der Waals surface area contributed by atoms with Gasteiger partial charge in [0, 0.05) is 25.7 Å². The maximum atomic E-state index is 12.5. The van der Waals surface area contributed by atoms with Gasteiger partial charge in [-0.05, 0) is 44.0 Å². The SMILES string of the molecule is Cc1cc(C)c(C(=O)COC(=O)c2ccc(N(C)C)c([N+](=O)[O-])c2)c(C)c1. The molecule has 0 spiro atoms. The Labute approximate surface area is 157 Å². The molecule has 0 aromatic heterocycles. The van der Waals surface area contributed by atoms with Crippen molar-refractivity contribution in [2.24, 2.45) is 0 Å². The lowest BCUT2D eigenvalue weighted by Gasteiger charge is -2.13. The summed E-state index contributed by atoms with van der Waals surface area (Å²) in [6, 6.07) is 7.86. The number of hydrogen-bond donors (Lipinski definition) is 0. The Hall–Kier alpha value is -3.22. The first-order chi connectivity index (χ1) is 12.6. The molecule has 0 bridgehead atoms. The third-order valence-corrected chi connectivity index (χ3v) is 4.18. The standard InChI is InChI=1S/C20H22N2O5/c1-12-8-13(2)19(14(3)9-12)18(23)11-27-20(24)15-6-7-16(21(4)5)17(10-15)22(25)26/h6-10H,11H2,1-5H3. The van der Waals surface area contributed by atoms with Crippen molar-refractivity contribution in [1.29, 1.82) is 0 Å². The zero-order valence-electron chi connectivity index (χ0n) is 16.0. The molecule has 0 saturated heterocycles. The van der Waals surface area contributed by atoms with Crippen LogP contribution in [0.4, 0.5) is 11.4 Å².